The zero-order valence-corrected chi connectivity index (χ0v) is 26.1. The molecule has 6 aromatic rings. The van der Waals surface area contributed by atoms with Crippen molar-refractivity contribution in [2.45, 2.75) is 33.6 Å². The molecule has 49 heavy (non-hydrogen) atoms. The molecule has 4 aromatic heterocycles. The summed E-state index contributed by atoms with van der Waals surface area (Å²) < 4.78 is 120. The van der Waals surface area contributed by atoms with E-state index in [1.807, 2.05) is 6.07 Å². The quantitative estimate of drug-likeness (QED) is 0.156. The summed E-state index contributed by atoms with van der Waals surface area (Å²) >= 11 is 0. The summed E-state index contributed by atoms with van der Waals surface area (Å²) in [7, 11) is -4.82. The average Bonchev–Trinajstić information content (AvgIpc) is 3.78. The van der Waals surface area contributed by atoms with Crippen LogP contribution in [0, 0.1) is 0 Å². The predicted octanol–water partition coefficient (Wildman–Crippen LogP) is 6.58. The van der Waals surface area contributed by atoms with Gasteiger partial charge >= 0.3 is 24.1 Å². The molecule has 1 atom stereocenters. The zero-order chi connectivity index (χ0) is 35.2. The van der Waals surface area contributed by atoms with Crippen molar-refractivity contribution in [3.05, 3.63) is 120 Å². The van der Waals surface area contributed by atoms with Crippen LogP contribution in [0.5, 0.6) is 0 Å². The minimum atomic E-state index is -4.73. The van der Waals surface area contributed by atoms with Gasteiger partial charge in [-0.3, -0.25) is 14.2 Å². The van der Waals surface area contributed by atoms with Crippen LogP contribution in [0.25, 0.3) is 22.8 Å². The molecule has 0 aliphatic carbocycles. The molecule has 0 fully saturated rings. The van der Waals surface area contributed by atoms with Crippen molar-refractivity contribution in [1.29, 1.82) is 0 Å². The fraction of sp³-hybridized carbons (Fsp3) is 0.133. The van der Waals surface area contributed by atoms with E-state index in [1.54, 1.807) is 48.5 Å². The average molecular weight is 723 g/mol. The lowest BCUT2D eigenvalue weighted by Gasteiger charge is -2.04. The highest BCUT2D eigenvalue weighted by molar-refractivity contribution is 7.90. The zero-order valence-electron chi connectivity index (χ0n) is 24.5. The first-order chi connectivity index (χ1) is 23.2. The Kier molecular flexibility index (Phi) is 10.3. The van der Waals surface area contributed by atoms with Crippen LogP contribution in [-0.2, 0) is 44.5 Å². The maximum Gasteiger partial charge on any atom is 0.471 e. The topological polar surface area (TPSA) is 155 Å². The fourth-order valence-electron chi connectivity index (χ4n) is 3.89. The van der Waals surface area contributed by atoms with Gasteiger partial charge in [-0.25, -0.2) is 8.42 Å². The Morgan fingerprint density at radius 2 is 1.10 bits per heavy atom. The smallest absolute Gasteiger partial charge is 0.329 e. The molecule has 4 heterocycles. The minimum Gasteiger partial charge on any atom is -0.329 e. The third-order valence-corrected chi connectivity index (χ3v) is 9.25. The van der Waals surface area contributed by atoms with Gasteiger partial charge < -0.3 is 9.05 Å². The number of aromatic nitrogens is 6. The number of hydrogen-bond acceptors (Lipinski definition) is 11. The summed E-state index contributed by atoms with van der Waals surface area (Å²) in [4.78, 5) is 15.4. The summed E-state index contributed by atoms with van der Waals surface area (Å²) in [5, 5.41) is 6.53. The Morgan fingerprint density at radius 1 is 0.633 bits per heavy atom. The molecule has 0 saturated heterocycles. The van der Waals surface area contributed by atoms with E-state index in [1.165, 1.54) is 42.7 Å². The number of nitrogens with zero attached hydrogens (tertiary/aromatic N) is 6. The molecule has 0 N–H and O–H groups in total. The molecule has 11 nitrogen and oxygen atoms in total. The highest BCUT2D eigenvalue weighted by Gasteiger charge is 2.39. The van der Waals surface area contributed by atoms with Gasteiger partial charge in [0.1, 0.15) is 0 Å². The number of sulfone groups is 1. The molecular weight excluding hydrogens is 702 g/mol. The maximum absolute atomic E-state index is 12.4. The number of alkyl halides is 6. The van der Waals surface area contributed by atoms with E-state index < -0.39 is 44.8 Å². The van der Waals surface area contributed by atoms with Gasteiger partial charge in [-0.2, -0.15) is 36.3 Å². The fourth-order valence-corrected chi connectivity index (χ4v) is 6.26. The van der Waals surface area contributed by atoms with Crippen molar-refractivity contribution in [3.63, 3.8) is 0 Å². The lowest BCUT2D eigenvalue weighted by molar-refractivity contribution is -0.160. The number of halogens is 6. The molecular formula is C30H20F6N6O5S2. The Labute approximate surface area is 275 Å². The number of rotatable bonds is 8. The Hall–Kier alpha value is -5.30. The Bertz CT molecular complexity index is 2120. The molecule has 6 rings (SSSR count). The highest BCUT2D eigenvalue weighted by atomic mass is 32.2. The van der Waals surface area contributed by atoms with Crippen molar-refractivity contribution in [2.24, 2.45) is 0 Å². The van der Waals surface area contributed by atoms with Crippen LogP contribution in [0.4, 0.5) is 26.3 Å². The molecule has 1 unspecified atom stereocenters. The molecule has 2 aromatic carbocycles. The van der Waals surface area contributed by atoms with Crippen LogP contribution < -0.4 is 0 Å². The van der Waals surface area contributed by atoms with Gasteiger partial charge in [0.25, 0.3) is 0 Å². The largest absolute Gasteiger partial charge is 0.471 e. The van der Waals surface area contributed by atoms with Crippen LogP contribution in [0.1, 0.15) is 23.2 Å². The Balaban J connectivity index is 0.000000191. The van der Waals surface area contributed by atoms with Gasteiger partial charge in [0.15, 0.2) is 9.84 Å². The van der Waals surface area contributed by atoms with Gasteiger partial charge in [-0.15, -0.1) is 0 Å². The normalized spacial score (nSPS) is 12.6. The van der Waals surface area contributed by atoms with E-state index in [9.17, 15) is 39.0 Å². The molecule has 0 amide bonds. The van der Waals surface area contributed by atoms with Crippen molar-refractivity contribution in [1.82, 2.24) is 30.2 Å². The molecule has 0 bridgehead atoms. The van der Waals surface area contributed by atoms with Crippen LogP contribution in [0.15, 0.2) is 116 Å². The molecule has 0 saturated carbocycles. The monoisotopic (exact) mass is 722 g/mol. The van der Waals surface area contributed by atoms with Crippen molar-refractivity contribution >= 4 is 20.6 Å². The first-order valence-corrected chi connectivity index (χ1v) is 16.6. The van der Waals surface area contributed by atoms with E-state index in [-0.39, 0.29) is 44.9 Å². The van der Waals surface area contributed by atoms with Crippen LogP contribution in [0.3, 0.4) is 0 Å². The van der Waals surface area contributed by atoms with Crippen LogP contribution >= 0.6 is 0 Å². The minimum absolute atomic E-state index is 0.161. The van der Waals surface area contributed by atoms with E-state index >= 15 is 0 Å². The second-order valence-corrected chi connectivity index (χ2v) is 13.2. The standard InChI is InChI=1S/C15H10F3N3O3S.C15H10F3N3O2S/c16-15(17,18)14-20-13(21-24-14)10-6-7-11(19-8-10)9-25(22,23)12-4-2-1-3-5-12;16-15(17,18)14-20-13(21-23-14)10-6-7-11(19-8-10)9-24(22)12-4-2-1-3-5-12/h1-8H,9H2;1-8H,9H2. The molecule has 0 radical (unpaired) electrons. The number of benzene rings is 2. The third-order valence-electron chi connectivity index (χ3n) is 6.23. The van der Waals surface area contributed by atoms with E-state index in [4.69, 9.17) is 0 Å². The number of hydrogen-bond donors (Lipinski definition) is 0. The van der Waals surface area contributed by atoms with E-state index in [0.29, 0.717) is 10.6 Å². The second kappa shape index (κ2) is 14.4. The predicted molar refractivity (Wildman–Crippen MR) is 159 cm³/mol. The molecule has 254 valence electrons. The third kappa shape index (κ3) is 9.20. The summed E-state index contributed by atoms with van der Waals surface area (Å²) in [6.45, 7) is 0. The van der Waals surface area contributed by atoms with Gasteiger partial charge in [0, 0.05) is 28.4 Å². The molecule has 19 heteroatoms. The van der Waals surface area contributed by atoms with Crippen molar-refractivity contribution in [2.75, 3.05) is 0 Å². The summed E-state index contributed by atoms with van der Waals surface area (Å²) in [5.74, 6) is -3.49. The first-order valence-electron chi connectivity index (χ1n) is 13.6. The van der Waals surface area contributed by atoms with Crippen LogP contribution in [0.2, 0.25) is 0 Å². The summed E-state index contributed by atoms with van der Waals surface area (Å²) in [6.07, 6.45) is -6.91. The van der Waals surface area contributed by atoms with E-state index in [0.717, 1.165) is 0 Å². The first kappa shape index (κ1) is 35.0. The molecule has 0 spiro atoms. The van der Waals surface area contributed by atoms with Gasteiger partial charge in [-0.05, 0) is 48.5 Å². The summed E-state index contributed by atoms with van der Waals surface area (Å²) in [6, 6.07) is 22.6. The van der Waals surface area contributed by atoms with E-state index in [2.05, 4.69) is 39.3 Å². The Morgan fingerprint density at radius 3 is 1.53 bits per heavy atom. The van der Waals surface area contributed by atoms with Gasteiger partial charge in [0.2, 0.25) is 11.6 Å². The molecule has 0 aliphatic rings. The summed E-state index contributed by atoms with van der Waals surface area (Å²) in [5.41, 5.74) is 1.25. The molecule has 0 aliphatic heterocycles. The lowest BCUT2D eigenvalue weighted by Crippen LogP contribution is -2.06. The van der Waals surface area contributed by atoms with Gasteiger partial charge in [0.05, 0.1) is 38.6 Å². The van der Waals surface area contributed by atoms with Crippen molar-refractivity contribution < 1.29 is 48.0 Å². The second-order valence-electron chi connectivity index (χ2n) is 9.79. The number of pyridine rings is 2. The van der Waals surface area contributed by atoms with Gasteiger partial charge in [-0.1, -0.05) is 46.7 Å². The maximum atomic E-state index is 12.4. The SMILES string of the molecule is O=S(=O)(Cc1ccc(-c2noc(C(F)(F)F)n2)cn1)c1ccccc1.O=S(Cc1ccc(-c2noc(C(F)(F)F)n2)cn1)c1ccccc1. The van der Waals surface area contributed by atoms with Crippen LogP contribution in [-0.4, -0.2) is 42.9 Å². The lowest BCUT2D eigenvalue weighted by atomic mass is 10.2. The highest BCUT2D eigenvalue weighted by Crippen LogP contribution is 2.30. The van der Waals surface area contributed by atoms with Crippen molar-refractivity contribution in [3.8, 4) is 22.8 Å².